The third-order valence-corrected chi connectivity index (χ3v) is 2.03. The van der Waals surface area contributed by atoms with Crippen molar-refractivity contribution in [2.45, 2.75) is 24.8 Å². The van der Waals surface area contributed by atoms with Crippen LogP contribution in [0.5, 0.6) is 0 Å². The van der Waals surface area contributed by atoms with Crippen molar-refractivity contribution in [1.29, 1.82) is 0 Å². The van der Waals surface area contributed by atoms with Gasteiger partial charge in [0.25, 0.3) is 0 Å². The maximum absolute atomic E-state index is 12.3. The number of rotatable bonds is 3. The number of nitroso groups, excluding NO2 is 1. The highest BCUT2D eigenvalue weighted by atomic mass is 19.4. The highest BCUT2D eigenvalue weighted by molar-refractivity contribution is 5.67. The Morgan fingerprint density at radius 2 is 2.12 bits per heavy atom. The number of carboxylic acids is 1. The van der Waals surface area contributed by atoms with Crippen molar-refractivity contribution in [2.75, 3.05) is 13.1 Å². The van der Waals surface area contributed by atoms with Gasteiger partial charge in [0, 0.05) is 0 Å². The lowest BCUT2D eigenvalue weighted by Gasteiger charge is -2.34. The van der Waals surface area contributed by atoms with Gasteiger partial charge in [-0.3, -0.25) is 9.80 Å². The average Bonchev–Trinajstić information content (AvgIpc) is 2.14. The third kappa shape index (κ3) is 3.33. The van der Waals surface area contributed by atoms with E-state index < -0.39 is 37.3 Å². The van der Waals surface area contributed by atoms with E-state index in [4.69, 9.17) is 5.11 Å². The minimum atomic E-state index is -4.64. The molecule has 1 fully saturated rings. The summed E-state index contributed by atoms with van der Waals surface area (Å²) in [5, 5.41) is 11.4. The van der Waals surface area contributed by atoms with Crippen LogP contribution in [0.15, 0.2) is 5.29 Å². The SMILES string of the molecule is O=NN1CC(CC(=O)O)OC(C(F)(F)F)C1. The van der Waals surface area contributed by atoms with E-state index in [0.717, 1.165) is 0 Å². The standard InChI is InChI=1S/C7H9F3N2O4/c8-7(9,10)5-3-12(11-15)2-4(16-5)1-6(13)14/h4-5H,1-3H2,(H,13,14). The molecular formula is C7H9F3N2O4. The summed E-state index contributed by atoms with van der Waals surface area (Å²) in [4.78, 5) is 20.5. The predicted octanol–water partition coefficient (Wildman–Crippen LogP) is 0.774. The molecule has 0 aliphatic carbocycles. The van der Waals surface area contributed by atoms with Crippen molar-refractivity contribution in [3.63, 3.8) is 0 Å². The second kappa shape index (κ2) is 4.64. The van der Waals surface area contributed by atoms with Gasteiger partial charge >= 0.3 is 12.1 Å². The molecule has 0 aromatic heterocycles. The first-order valence-corrected chi connectivity index (χ1v) is 4.35. The van der Waals surface area contributed by atoms with E-state index in [1.54, 1.807) is 0 Å². The van der Waals surface area contributed by atoms with Crippen LogP contribution in [-0.4, -0.2) is 47.6 Å². The first-order valence-electron chi connectivity index (χ1n) is 4.35. The molecule has 0 amide bonds. The molecule has 0 aromatic rings. The van der Waals surface area contributed by atoms with Crippen molar-refractivity contribution >= 4 is 5.97 Å². The molecular weight excluding hydrogens is 233 g/mol. The van der Waals surface area contributed by atoms with Crippen LogP contribution in [0.4, 0.5) is 13.2 Å². The molecule has 9 heteroatoms. The van der Waals surface area contributed by atoms with E-state index in [-0.39, 0.29) is 6.54 Å². The molecule has 0 radical (unpaired) electrons. The van der Waals surface area contributed by atoms with Crippen molar-refractivity contribution in [3.8, 4) is 0 Å². The fourth-order valence-electron chi connectivity index (χ4n) is 1.37. The average molecular weight is 242 g/mol. The molecule has 1 heterocycles. The molecule has 0 aromatic carbocycles. The molecule has 1 saturated heterocycles. The number of hydrogen-bond acceptors (Lipinski definition) is 4. The van der Waals surface area contributed by atoms with Gasteiger partial charge in [0.1, 0.15) is 0 Å². The Kier molecular flexibility index (Phi) is 3.68. The molecule has 2 unspecified atom stereocenters. The van der Waals surface area contributed by atoms with E-state index in [2.05, 4.69) is 10.0 Å². The van der Waals surface area contributed by atoms with Gasteiger partial charge in [-0.2, -0.15) is 13.2 Å². The minimum absolute atomic E-state index is 0.248. The maximum Gasteiger partial charge on any atom is 0.416 e. The fraction of sp³-hybridized carbons (Fsp3) is 0.857. The van der Waals surface area contributed by atoms with E-state index in [1.807, 2.05) is 0 Å². The van der Waals surface area contributed by atoms with Crippen LogP contribution < -0.4 is 0 Å². The second-order valence-corrected chi connectivity index (χ2v) is 3.34. The van der Waals surface area contributed by atoms with Crippen LogP contribution in [0.25, 0.3) is 0 Å². The Morgan fingerprint density at radius 3 is 2.56 bits per heavy atom. The summed E-state index contributed by atoms with van der Waals surface area (Å²) in [5.41, 5.74) is 0. The third-order valence-electron chi connectivity index (χ3n) is 2.03. The zero-order valence-electron chi connectivity index (χ0n) is 7.98. The van der Waals surface area contributed by atoms with Gasteiger partial charge in [0.15, 0.2) is 6.10 Å². The number of halogens is 3. The lowest BCUT2D eigenvalue weighted by molar-refractivity contribution is -0.254. The van der Waals surface area contributed by atoms with E-state index >= 15 is 0 Å². The predicted molar refractivity (Wildman–Crippen MR) is 44.3 cm³/mol. The number of nitrogens with zero attached hydrogens (tertiary/aromatic N) is 2. The Hall–Kier alpha value is -1.38. The summed E-state index contributed by atoms with van der Waals surface area (Å²) < 4.78 is 41.5. The zero-order chi connectivity index (χ0) is 12.3. The van der Waals surface area contributed by atoms with E-state index in [9.17, 15) is 22.9 Å². The number of hydrogen-bond donors (Lipinski definition) is 1. The van der Waals surface area contributed by atoms with Crippen molar-refractivity contribution < 1.29 is 27.8 Å². The number of carboxylic acid groups (broad SMARTS) is 1. The zero-order valence-corrected chi connectivity index (χ0v) is 7.98. The Balaban J connectivity index is 2.68. The molecule has 16 heavy (non-hydrogen) atoms. The number of carbonyl (C=O) groups is 1. The quantitative estimate of drug-likeness (QED) is 0.739. The summed E-state index contributed by atoms with van der Waals surface area (Å²) in [7, 11) is 0. The molecule has 0 spiro atoms. The highest BCUT2D eigenvalue weighted by Crippen LogP contribution is 2.28. The molecule has 1 aliphatic rings. The molecule has 1 aliphatic heterocycles. The Labute approximate surface area is 87.9 Å². The van der Waals surface area contributed by atoms with Crippen LogP contribution in [-0.2, 0) is 9.53 Å². The van der Waals surface area contributed by atoms with Gasteiger partial charge in [-0.25, -0.2) is 0 Å². The smallest absolute Gasteiger partial charge is 0.416 e. The van der Waals surface area contributed by atoms with Crippen LogP contribution in [0.3, 0.4) is 0 Å². The molecule has 6 nitrogen and oxygen atoms in total. The number of ether oxygens (including phenoxy) is 1. The van der Waals surface area contributed by atoms with Crippen LogP contribution in [0, 0.1) is 4.91 Å². The normalized spacial score (nSPS) is 26.6. The first kappa shape index (κ1) is 12.7. The highest BCUT2D eigenvalue weighted by Gasteiger charge is 2.46. The maximum atomic E-state index is 12.3. The Morgan fingerprint density at radius 1 is 1.50 bits per heavy atom. The largest absolute Gasteiger partial charge is 0.481 e. The summed E-state index contributed by atoms with van der Waals surface area (Å²) in [5.74, 6) is -1.29. The van der Waals surface area contributed by atoms with Gasteiger partial charge in [0.05, 0.1) is 30.9 Å². The number of alkyl halides is 3. The van der Waals surface area contributed by atoms with Crippen molar-refractivity contribution in [2.24, 2.45) is 5.29 Å². The van der Waals surface area contributed by atoms with E-state index in [0.29, 0.717) is 5.01 Å². The lowest BCUT2D eigenvalue weighted by Crippen LogP contribution is -2.51. The summed E-state index contributed by atoms with van der Waals surface area (Å²) >= 11 is 0. The minimum Gasteiger partial charge on any atom is -0.481 e. The molecule has 1 N–H and O–H groups in total. The monoisotopic (exact) mass is 242 g/mol. The van der Waals surface area contributed by atoms with Gasteiger partial charge < -0.3 is 9.84 Å². The number of morpholine rings is 1. The molecule has 2 atom stereocenters. The van der Waals surface area contributed by atoms with E-state index in [1.165, 1.54) is 0 Å². The lowest BCUT2D eigenvalue weighted by atomic mass is 10.2. The number of aliphatic carboxylic acids is 1. The first-order chi connectivity index (χ1) is 7.32. The van der Waals surface area contributed by atoms with Gasteiger partial charge in [0.2, 0.25) is 0 Å². The summed E-state index contributed by atoms with van der Waals surface area (Å²) in [6, 6.07) is 0. The molecule has 92 valence electrons. The molecule has 0 saturated carbocycles. The van der Waals surface area contributed by atoms with Crippen molar-refractivity contribution in [3.05, 3.63) is 4.91 Å². The fourth-order valence-corrected chi connectivity index (χ4v) is 1.37. The molecule has 1 rings (SSSR count). The summed E-state index contributed by atoms with van der Waals surface area (Å²) in [6.45, 7) is -0.953. The van der Waals surface area contributed by atoms with Crippen LogP contribution in [0.1, 0.15) is 6.42 Å². The Bertz CT molecular complexity index is 283. The topological polar surface area (TPSA) is 79.2 Å². The van der Waals surface area contributed by atoms with Crippen LogP contribution in [0.2, 0.25) is 0 Å². The summed E-state index contributed by atoms with van der Waals surface area (Å²) in [6.07, 6.45) is -8.60. The molecule has 0 bridgehead atoms. The van der Waals surface area contributed by atoms with Gasteiger partial charge in [-0.15, -0.1) is 4.91 Å². The van der Waals surface area contributed by atoms with Gasteiger partial charge in [-0.05, 0) is 0 Å². The van der Waals surface area contributed by atoms with Crippen LogP contribution >= 0.6 is 0 Å². The van der Waals surface area contributed by atoms with Gasteiger partial charge in [-0.1, -0.05) is 0 Å². The second-order valence-electron chi connectivity index (χ2n) is 3.34. The van der Waals surface area contributed by atoms with Crippen molar-refractivity contribution in [1.82, 2.24) is 5.01 Å².